The monoisotopic (exact) mass is 445 g/mol. The number of thioether (sulfide) groups is 1. The highest BCUT2D eigenvalue weighted by Gasteiger charge is 2.28. The number of hydrogen-bond acceptors (Lipinski definition) is 6. The number of carbonyl (C=O) groups excluding carboxylic acids is 2. The predicted molar refractivity (Wildman–Crippen MR) is 125 cm³/mol. The zero-order chi connectivity index (χ0) is 22.1. The average molecular weight is 446 g/mol. The predicted octanol–water partition coefficient (Wildman–Crippen LogP) is 3.44. The Morgan fingerprint density at radius 3 is 2.91 bits per heavy atom. The quantitative estimate of drug-likeness (QED) is 0.638. The molecule has 0 fully saturated rings. The van der Waals surface area contributed by atoms with Crippen molar-refractivity contribution >= 4 is 40.9 Å². The van der Waals surface area contributed by atoms with Crippen molar-refractivity contribution in [2.75, 3.05) is 21.7 Å². The zero-order valence-electron chi connectivity index (χ0n) is 17.5. The largest absolute Gasteiger partial charge is 0.368 e. The van der Waals surface area contributed by atoms with Crippen LogP contribution in [0.3, 0.4) is 0 Å². The van der Waals surface area contributed by atoms with Gasteiger partial charge in [-0.2, -0.15) is 0 Å². The summed E-state index contributed by atoms with van der Waals surface area (Å²) in [6, 6.07) is 15.7. The number of nitrogen functional groups attached to an aromatic ring is 1. The van der Waals surface area contributed by atoms with Crippen LogP contribution in [-0.4, -0.2) is 27.5 Å². The summed E-state index contributed by atoms with van der Waals surface area (Å²) in [6.45, 7) is 0.507. The molecule has 2 aromatic carbocycles. The van der Waals surface area contributed by atoms with Crippen LogP contribution in [0.25, 0.3) is 0 Å². The van der Waals surface area contributed by atoms with E-state index in [2.05, 4.69) is 15.3 Å². The summed E-state index contributed by atoms with van der Waals surface area (Å²) < 4.78 is 0. The van der Waals surface area contributed by atoms with Crippen molar-refractivity contribution in [3.63, 3.8) is 0 Å². The molecule has 32 heavy (non-hydrogen) atoms. The van der Waals surface area contributed by atoms with Crippen LogP contribution in [0.1, 0.15) is 23.2 Å². The zero-order valence-corrected chi connectivity index (χ0v) is 18.3. The maximum Gasteiger partial charge on any atom is 0.237 e. The molecule has 0 saturated heterocycles. The summed E-state index contributed by atoms with van der Waals surface area (Å²) in [5.74, 6) is 0.574. The minimum atomic E-state index is -0.151. The van der Waals surface area contributed by atoms with Gasteiger partial charge in [0.25, 0.3) is 0 Å². The van der Waals surface area contributed by atoms with Crippen LogP contribution in [0.4, 0.5) is 17.3 Å². The number of fused-ring (bicyclic) bond motifs is 2. The Kier molecular flexibility index (Phi) is 5.53. The second kappa shape index (κ2) is 8.63. The van der Waals surface area contributed by atoms with E-state index in [0.29, 0.717) is 37.2 Å². The van der Waals surface area contributed by atoms with E-state index in [4.69, 9.17) is 5.73 Å². The molecule has 0 saturated carbocycles. The van der Waals surface area contributed by atoms with Gasteiger partial charge in [-0.15, -0.1) is 11.8 Å². The summed E-state index contributed by atoms with van der Waals surface area (Å²) in [4.78, 5) is 36.9. The van der Waals surface area contributed by atoms with E-state index in [1.165, 1.54) is 11.8 Å². The van der Waals surface area contributed by atoms with Crippen molar-refractivity contribution in [2.24, 2.45) is 5.92 Å². The minimum Gasteiger partial charge on any atom is -0.368 e. The van der Waals surface area contributed by atoms with Gasteiger partial charge in [0.15, 0.2) is 0 Å². The molecule has 1 atom stereocenters. The molecular formula is C24H23N5O2S. The number of rotatable bonds is 4. The molecular weight excluding hydrogens is 422 g/mol. The van der Waals surface area contributed by atoms with Gasteiger partial charge in [0.05, 0.1) is 18.0 Å². The molecule has 0 radical (unpaired) electrons. The van der Waals surface area contributed by atoms with Gasteiger partial charge in [-0.25, -0.2) is 9.97 Å². The van der Waals surface area contributed by atoms with Gasteiger partial charge in [0, 0.05) is 28.4 Å². The lowest BCUT2D eigenvalue weighted by molar-refractivity contribution is -0.120. The summed E-state index contributed by atoms with van der Waals surface area (Å²) in [6.07, 6.45) is 3.75. The van der Waals surface area contributed by atoms with Gasteiger partial charge in [0.1, 0.15) is 0 Å². The number of nitrogens with zero attached hydrogens (tertiary/aromatic N) is 3. The Hall–Kier alpha value is -3.39. The van der Waals surface area contributed by atoms with Gasteiger partial charge >= 0.3 is 0 Å². The standard InChI is InChI=1S/C24H23N5O2S/c25-24-26-12-17-10-16(6-8-19(17)28-24)23(31)27-18-7-9-21-20(11-18)29(22(30)14-32-21)13-15-4-2-1-3-5-15/h1-5,7,9,11-12,16H,6,8,10,13-14H2,(H,27,31)(H2,25,26,28). The summed E-state index contributed by atoms with van der Waals surface area (Å²) in [5.41, 5.74) is 10.2. The highest BCUT2D eigenvalue weighted by Crippen LogP contribution is 2.38. The SMILES string of the molecule is Nc1ncc2c(n1)CCC(C(=O)Nc1ccc3c(c1)N(Cc1ccccc1)C(=O)CS3)C2. The molecule has 5 rings (SSSR count). The normalized spacial score (nSPS) is 17.4. The van der Waals surface area contributed by atoms with Crippen LogP contribution in [0, 0.1) is 5.92 Å². The lowest BCUT2D eigenvalue weighted by atomic mass is 9.86. The maximum absolute atomic E-state index is 13.0. The molecule has 3 N–H and O–H groups in total. The van der Waals surface area contributed by atoms with Gasteiger partial charge in [-0.1, -0.05) is 30.3 Å². The molecule has 1 aliphatic carbocycles. The molecule has 8 heteroatoms. The van der Waals surface area contributed by atoms with Crippen molar-refractivity contribution in [2.45, 2.75) is 30.7 Å². The Bertz CT molecular complexity index is 1180. The lowest BCUT2D eigenvalue weighted by Crippen LogP contribution is -2.35. The maximum atomic E-state index is 13.0. The van der Waals surface area contributed by atoms with Gasteiger partial charge < -0.3 is 16.0 Å². The first-order valence-electron chi connectivity index (χ1n) is 10.6. The van der Waals surface area contributed by atoms with Crippen molar-refractivity contribution in [3.8, 4) is 0 Å². The van der Waals surface area contributed by atoms with Gasteiger partial charge in [0.2, 0.25) is 17.8 Å². The molecule has 2 heterocycles. The van der Waals surface area contributed by atoms with E-state index < -0.39 is 0 Å². The second-order valence-corrected chi connectivity index (χ2v) is 9.08. The number of anilines is 3. The number of aromatic nitrogens is 2. The van der Waals surface area contributed by atoms with Crippen molar-refractivity contribution in [1.82, 2.24) is 9.97 Å². The fraction of sp³-hybridized carbons (Fsp3) is 0.250. The Morgan fingerprint density at radius 2 is 2.06 bits per heavy atom. The third kappa shape index (κ3) is 4.18. The smallest absolute Gasteiger partial charge is 0.237 e. The topological polar surface area (TPSA) is 101 Å². The van der Waals surface area contributed by atoms with Crippen molar-refractivity contribution in [1.29, 1.82) is 0 Å². The first-order chi connectivity index (χ1) is 15.6. The van der Waals surface area contributed by atoms with E-state index in [9.17, 15) is 9.59 Å². The molecule has 1 unspecified atom stereocenters. The van der Waals surface area contributed by atoms with Crippen molar-refractivity contribution in [3.05, 3.63) is 71.5 Å². The molecule has 2 amide bonds. The van der Waals surface area contributed by atoms with Crippen LogP contribution in [0.5, 0.6) is 0 Å². The molecule has 0 bridgehead atoms. The molecule has 7 nitrogen and oxygen atoms in total. The molecule has 2 aliphatic rings. The number of nitrogens with two attached hydrogens (primary N) is 1. The third-order valence-corrected chi connectivity index (χ3v) is 6.94. The number of amides is 2. The number of benzene rings is 2. The van der Waals surface area contributed by atoms with Crippen molar-refractivity contribution < 1.29 is 9.59 Å². The van der Waals surface area contributed by atoms with E-state index >= 15 is 0 Å². The highest BCUT2D eigenvalue weighted by molar-refractivity contribution is 8.00. The third-order valence-electron chi connectivity index (χ3n) is 5.89. The fourth-order valence-corrected chi connectivity index (χ4v) is 5.13. The number of carbonyl (C=O) groups is 2. The van der Waals surface area contributed by atoms with Crippen LogP contribution in [0.15, 0.2) is 59.6 Å². The molecule has 1 aromatic heterocycles. The summed E-state index contributed by atoms with van der Waals surface area (Å²) in [5, 5.41) is 3.05. The van der Waals surface area contributed by atoms with Crippen LogP contribution in [0.2, 0.25) is 0 Å². The lowest BCUT2D eigenvalue weighted by Gasteiger charge is -2.30. The van der Waals surface area contributed by atoms with Crippen LogP contribution >= 0.6 is 11.8 Å². The number of nitrogens with one attached hydrogen (secondary N) is 1. The Morgan fingerprint density at radius 1 is 1.22 bits per heavy atom. The number of hydrogen-bond donors (Lipinski definition) is 2. The van der Waals surface area contributed by atoms with Crippen LogP contribution in [-0.2, 0) is 29.0 Å². The minimum absolute atomic E-state index is 0.0307. The first-order valence-corrected chi connectivity index (χ1v) is 11.6. The summed E-state index contributed by atoms with van der Waals surface area (Å²) in [7, 11) is 0. The highest BCUT2D eigenvalue weighted by atomic mass is 32.2. The van der Waals surface area contributed by atoms with Crippen LogP contribution < -0.4 is 16.0 Å². The average Bonchev–Trinajstić information content (AvgIpc) is 2.81. The Balaban J connectivity index is 1.34. The Labute approximate surface area is 190 Å². The van der Waals surface area contributed by atoms with E-state index in [1.54, 1.807) is 11.1 Å². The second-order valence-electron chi connectivity index (χ2n) is 8.07. The van der Waals surface area contributed by atoms with Gasteiger partial charge in [-0.3, -0.25) is 9.59 Å². The fourth-order valence-electron chi connectivity index (χ4n) is 4.21. The molecule has 3 aromatic rings. The van der Waals surface area contributed by atoms with E-state index in [1.807, 2.05) is 48.5 Å². The molecule has 1 aliphatic heterocycles. The van der Waals surface area contributed by atoms with E-state index in [0.717, 1.165) is 27.4 Å². The molecule has 0 spiro atoms. The molecule has 162 valence electrons. The van der Waals surface area contributed by atoms with E-state index in [-0.39, 0.29) is 23.7 Å². The first kappa shape index (κ1) is 20.5. The van der Waals surface area contributed by atoms with Gasteiger partial charge in [-0.05, 0) is 48.6 Å². The summed E-state index contributed by atoms with van der Waals surface area (Å²) >= 11 is 1.53. The number of aryl methyl sites for hydroxylation is 1.